The van der Waals surface area contributed by atoms with Crippen molar-refractivity contribution in [2.45, 2.75) is 32.4 Å². The number of benzene rings is 3. The van der Waals surface area contributed by atoms with Crippen LogP contribution >= 0.6 is 0 Å². The van der Waals surface area contributed by atoms with E-state index in [2.05, 4.69) is 36.6 Å². The molecule has 0 aliphatic carbocycles. The van der Waals surface area contributed by atoms with Gasteiger partial charge in [-0.05, 0) is 42.2 Å². The molecule has 0 amide bonds. The van der Waals surface area contributed by atoms with Gasteiger partial charge < -0.3 is 9.67 Å². The summed E-state index contributed by atoms with van der Waals surface area (Å²) in [5.41, 5.74) is 3.57. The van der Waals surface area contributed by atoms with Gasteiger partial charge in [0.25, 0.3) is 0 Å². The molecule has 0 saturated carbocycles. The number of aromatic nitrogens is 2. The summed E-state index contributed by atoms with van der Waals surface area (Å²) in [6, 6.07) is 26.0. The summed E-state index contributed by atoms with van der Waals surface area (Å²) in [4.78, 5) is 4.90. The standard InChI is InChI=1S/C24H24N2O/c1-3-18-15-16-21-22(17-18)26(4-2)23(25-21)24(27,19-11-7-5-8-12-19)20-13-9-6-10-14-20/h5-17,27H,3-4H2,1-2H3. The normalized spacial score (nSPS) is 11.8. The van der Waals surface area contributed by atoms with Crippen molar-refractivity contribution in [1.82, 2.24) is 9.55 Å². The molecule has 0 bridgehead atoms. The second-order valence-corrected chi connectivity index (χ2v) is 6.80. The number of nitrogens with zero attached hydrogens (tertiary/aromatic N) is 2. The van der Waals surface area contributed by atoms with Crippen LogP contribution in [0.1, 0.15) is 36.4 Å². The van der Waals surface area contributed by atoms with Crippen LogP contribution in [0, 0.1) is 0 Å². The summed E-state index contributed by atoms with van der Waals surface area (Å²) in [6.07, 6.45) is 0.974. The van der Waals surface area contributed by atoms with Crippen LogP contribution in [-0.2, 0) is 18.6 Å². The molecule has 136 valence electrons. The Kier molecular flexibility index (Phi) is 4.54. The zero-order chi connectivity index (χ0) is 18.9. The van der Waals surface area contributed by atoms with Crippen LogP contribution in [0.5, 0.6) is 0 Å². The largest absolute Gasteiger partial charge is 0.373 e. The van der Waals surface area contributed by atoms with Gasteiger partial charge in [-0.25, -0.2) is 4.98 Å². The van der Waals surface area contributed by atoms with Gasteiger partial charge in [0.1, 0.15) is 0 Å². The van der Waals surface area contributed by atoms with E-state index in [1.165, 1.54) is 5.56 Å². The molecular formula is C24H24N2O. The van der Waals surface area contributed by atoms with E-state index in [-0.39, 0.29) is 0 Å². The first-order chi connectivity index (χ1) is 13.2. The van der Waals surface area contributed by atoms with Gasteiger partial charge in [-0.1, -0.05) is 73.7 Å². The van der Waals surface area contributed by atoms with Crippen molar-refractivity contribution in [2.75, 3.05) is 0 Å². The Morgan fingerprint density at radius 1 is 0.852 bits per heavy atom. The fourth-order valence-corrected chi connectivity index (χ4v) is 3.77. The highest BCUT2D eigenvalue weighted by molar-refractivity contribution is 5.77. The minimum Gasteiger partial charge on any atom is -0.373 e. The molecule has 0 unspecified atom stereocenters. The van der Waals surface area contributed by atoms with Crippen molar-refractivity contribution in [2.24, 2.45) is 0 Å². The number of imidazole rings is 1. The van der Waals surface area contributed by atoms with Gasteiger partial charge in [0.15, 0.2) is 11.4 Å². The summed E-state index contributed by atoms with van der Waals surface area (Å²) in [7, 11) is 0. The minimum atomic E-state index is -1.32. The molecule has 0 fully saturated rings. The lowest BCUT2D eigenvalue weighted by atomic mass is 9.85. The van der Waals surface area contributed by atoms with Crippen molar-refractivity contribution in [3.63, 3.8) is 0 Å². The van der Waals surface area contributed by atoms with Crippen LogP contribution in [0.3, 0.4) is 0 Å². The van der Waals surface area contributed by atoms with E-state index >= 15 is 0 Å². The number of hydrogen-bond acceptors (Lipinski definition) is 2. The third-order valence-corrected chi connectivity index (χ3v) is 5.24. The van der Waals surface area contributed by atoms with Gasteiger partial charge in [0.2, 0.25) is 0 Å². The van der Waals surface area contributed by atoms with Crippen LogP contribution in [-0.4, -0.2) is 14.7 Å². The fraction of sp³-hybridized carbons (Fsp3) is 0.208. The summed E-state index contributed by atoms with van der Waals surface area (Å²) in [6.45, 7) is 4.99. The average molecular weight is 356 g/mol. The third kappa shape index (κ3) is 2.84. The van der Waals surface area contributed by atoms with Gasteiger partial charge in [0.05, 0.1) is 11.0 Å². The van der Waals surface area contributed by atoms with Crippen molar-refractivity contribution < 1.29 is 5.11 Å². The number of aliphatic hydroxyl groups is 1. The maximum absolute atomic E-state index is 12.1. The molecule has 4 aromatic rings. The number of aryl methyl sites for hydroxylation is 2. The van der Waals surface area contributed by atoms with Gasteiger partial charge in [0, 0.05) is 6.54 Å². The third-order valence-electron chi connectivity index (χ3n) is 5.24. The van der Waals surface area contributed by atoms with E-state index < -0.39 is 5.60 Å². The molecule has 1 N–H and O–H groups in total. The molecule has 3 nitrogen and oxygen atoms in total. The van der Waals surface area contributed by atoms with E-state index in [1.54, 1.807) is 0 Å². The molecule has 1 heterocycles. The van der Waals surface area contributed by atoms with Crippen LogP contribution in [0.25, 0.3) is 11.0 Å². The zero-order valence-electron chi connectivity index (χ0n) is 15.8. The van der Waals surface area contributed by atoms with Gasteiger partial charge in [-0.15, -0.1) is 0 Å². The first-order valence-electron chi connectivity index (χ1n) is 9.51. The van der Waals surface area contributed by atoms with Crippen molar-refractivity contribution in [3.8, 4) is 0 Å². The molecule has 0 saturated heterocycles. The molecule has 4 rings (SSSR count). The molecule has 3 aromatic carbocycles. The molecule has 0 radical (unpaired) electrons. The van der Waals surface area contributed by atoms with E-state index in [9.17, 15) is 5.11 Å². The van der Waals surface area contributed by atoms with Crippen molar-refractivity contribution in [1.29, 1.82) is 0 Å². The van der Waals surface area contributed by atoms with Crippen LogP contribution in [0.2, 0.25) is 0 Å². The van der Waals surface area contributed by atoms with Gasteiger partial charge in [-0.3, -0.25) is 0 Å². The lowest BCUT2D eigenvalue weighted by Crippen LogP contribution is -2.32. The number of rotatable bonds is 5. The zero-order valence-corrected chi connectivity index (χ0v) is 15.8. The predicted molar refractivity (Wildman–Crippen MR) is 110 cm³/mol. The Bertz CT molecular complexity index is 1010. The first-order valence-corrected chi connectivity index (χ1v) is 9.51. The van der Waals surface area contributed by atoms with Crippen LogP contribution in [0.15, 0.2) is 78.9 Å². The average Bonchev–Trinajstić information content (AvgIpc) is 3.12. The number of fused-ring (bicyclic) bond motifs is 1. The molecule has 0 atom stereocenters. The predicted octanol–water partition coefficient (Wildman–Crippen LogP) is 4.90. The summed E-state index contributed by atoms with van der Waals surface area (Å²) in [5.74, 6) is 0.658. The Labute approximate surface area is 159 Å². The molecule has 1 aromatic heterocycles. The van der Waals surface area contributed by atoms with Crippen molar-refractivity contribution in [3.05, 3.63) is 101 Å². The Balaban J connectivity index is 2.04. The van der Waals surface area contributed by atoms with E-state index in [0.29, 0.717) is 5.82 Å². The van der Waals surface area contributed by atoms with Crippen molar-refractivity contribution >= 4 is 11.0 Å². The molecule has 0 aliphatic rings. The maximum Gasteiger partial charge on any atom is 0.173 e. The lowest BCUT2D eigenvalue weighted by molar-refractivity contribution is 0.112. The van der Waals surface area contributed by atoms with Gasteiger partial charge in [-0.2, -0.15) is 0 Å². The van der Waals surface area contributed by atoms with Crippen LogP contribution < -0.4 is 0 Å². The fourth-order valence-electron chi connectivity index (χ4n) is 3.77. The van der Waals surface area contributed by atoms with E-state index in [0.717, 1.165) is 35.1 Å². The smallest absolute Gasteiger partial charge is 0.173 e. The maximum atomic E-state index is 12.1. The molecule has 0 spiro atoms. The Morgan fingerprint density at radius 3 is 1.96 bits per heavy atom. The highest BCUT2D eigenvalue weighted by Crippen LogP contribution is 2.37. The Morgan fingerprint density at radius 2 is 1.44 bits per heavy atom. The summed E-state index contributed by atoms with van der Waals surface area (Å²) in [5, 5.41) is 12.1. The topological polar surface area (TPSA) is 38.1 Å². The van der Waals surface area contributed by atoms with E-state index in [1.807, 2.05) is 60.7 Å². The molecular weight excluding hydrogens is 332 g/mol. The Hall–Kier alpha value is -2.91. The monoisotopic (exact) mass is 356 g/mol. The SMILES string of the molecule is CCc1ccc2nc(C(O)(c3ccccc3)c3ccccc3)n(CC)c2c1. The number of hydrogen-bond donors (Lipinski definition) is 1. The first kappa shape index (κ1) is 17.5. The van der Waals surface area contributed by atoms with E-state index in [4.69, 9.17) is 4.98 Å². The van der Waals surface area contributed by atoms with Gasteiger partial charge >= 0.3 is 0 Å². The second-order valence-electron chi connectivity index (χ2n) is 6.80. The molecule has 27 heavy (non-hydrogen) atoms. The molecule has 0 aliphatic heterocycles. The van der Waals surface area contributed by atoms with Crippen LogP contribution in [0.4, 0.5) is 0 Å². The summed E-state index contributed by atoms with van der Waals surface area (Å²) < 4.78 is 2.13. The quantitative estimate of drug-likeness (QED) is 0.552. The summed E-state index contributed by atoms with van der Waals surface area (Å²) >= 11 is 0. The highest BCUT2D eigenvalue weighted by atomic mass is 16.3. The minimum absolute atomic E-state index is 0.658. The lowest BCUT2D eigenvalue weighted by Gasteiger charge is -2.29. The second kappa shape index (κ2) is 7.01. The highest BCUT2D eigenvalue weighted by Gasteiger charge is 2.38. The molecule has 3 heteroatoms.